The topological polar surface area (TPSA) is 90.2 Å². The van der Waals surface area contributed by atoms with Gasteiger partial charge in [-0.2, -0.15) is 5.26 Å². The molecule has 5 nitrogen and oxygen atoms in total. The lowest BCUT2D eigenvalue weighted by molar-refractivity contribution is 0.178. The van der Waals surface area contributed by atoms with E-state index in [9.17, 15) is 13.5 Å². The fourth-order valence-corrected chi connectivity index (χ4v) is 3.73. The second-order valence-corrected chi connectivity index (χ2v) is 7.11. The third-order valence-corrected chi connectivity index (χ3v) is 5.18. The highest BCUT2D eigenvalue weighted by Gasteiger charge is 2.25. The molecule has 20 heavy (non-hydrogen) atoms. The van der Waals surface area contributed by atoms with Gasteiger partial charge in [0.2, 0.25) is 10.0 Å². The van der Waals surface area contributed by atoms with Crippen LogP contribution >= 0.6 is 11.6 Å². The Hall–Kier alpha value is -1.13. The van der Waals surface area contributed by atoms with Crippen molar-refractivity contribution in [3.8, 4) is 6.07 Å². The van der Waals surface area contributed by atoms with E-state index in [2.05, 4.69) is 4.72 Å². The van der Waals surface area contributed by atoms with Gasteiger partial charge in [-0.05, 0) is 43.4 Å². The maximum atomic E-state index is 12.1. The van der Waals surface area contributed by atoms with Crippen LogP contribution in [0, 0.1) is 17.2 Å². The number of nitrogens with zero attached hydrogens (tertiary/aromatic N) is 1. The molecule has 1 aromatic rings. The molecule has 0 aromatic heterocycles. The van der Waals surface area contributed by atoms with E-state index < -0.39 is 10.0 Å². The highest BCUT2D eigenvalue weighted by atomic mass is 35.5. The smallest absolute Gasteiger partial charge is 0.240 e. The molecule has 0 bridgehead atoms. The Morgan fingerprint density at radius 1 is 1.45 bits per heavy atom. The Morgan fingerprint density at radius 2 is 2.20 bits per heavy atom. The van der Waals surface area contributed by atoms with E-state index in [1.165, 1.54) is 18.2 Å². The van der Waals surface area contributed by atoms with Crippen LogP contribution in [0.15, 0.2) is 23.1 Å². The summed E-state index contributed by atoms with van der Waals surface area (Å²) in [6.45, 7) is 0.303. The Labute approximate surface area is 123 Å². The minimum atomic E-state index is -3.64. The molecule has 1 fully saturated rings. The van der Waals surface area contributed by atoms with Gasteiger partial charge < -0.3 is 5.11 Å². The molecule has 108 valence electrons. The first-order chi connectivity index (χ1) is 9.42. The first-order valence-electron chi connectivity index (χ1n) is 6.30. The van der Waals surface area contributed by atoms with Crippen LogP contribution in [0.2, 0.25) is 5.02 Å². The molecule has 0 saturated heterocycles. The Morgan fingerprint density at radius 3 is 2.75 bits per heavy atom. The maximum absolute atomic E-state index is 12.1. The fraction of sp³-hybridized carbons (Fsp3) is 0.462. The molecule has 7 heteroatoms. The van der Waals surface area contributed by atoms with Gasteiger partial charge in [0.15, 0.2) is 0 Å². The van der Waals surface area contributed by atoms with E-state index in [0.29, 0.717) is 13.0 Å². The van der Waals surface area contributed by atoms with Crippen LogP contribution < -0.4 is 4.72 Å². The number of aliphatic hydroxyl groups excluding tert-OH is 1. The largest absolute Gasteiger partial charge is 0.393 e. The average molecular weight is 315 g/mol. The lowest BCUT2D eigenvalue weighted by atomic mass is 10.1. The number of nitrogens with one attached hydrogen (secondary N) is 1. The third-order valence-electron chi connectivity index (χ3n) is 3.45. The normalized spacial score (nSPS) is 22.6. The van der Waals surface area contributed by atoms with Crippen molar-refractivity contribution in [2.24, 2.45) is 5.92 Å². The molecule has 2 unspecified atom stereocenters. The fourth-order valence-electron chi connectivity index (χ4n) is 2.30. The molecule has 2 atom stereocenters. The molecule has 1 aromatic carbocycles. The van der Waals surface area contributed by atoms with Crippen molar-refractivity contribution in [2.45, 2.75) is 30.3 Å². The van der Waals surface area contributed by atoms with Gasteiger partial charge in [-0.1, -0.05) is 11.6 Å². The molecule has 1 saturated carbocycles. The zero-order chi connectivity index (χ0) is 14.8. The zero-order valence-corrected chi connectivity index (χ0v) is 12.3. The van der Waals surface area contributed by atoms with Gasteiger partial charge in [-0.15, -0.1) is 0 Å². The predicted octanol–water partition coefficient (Wildman–Crippen LogP) is 1.65. The molecule has 2 N–H and O–H groups in total. The van der Waals surface area contributed by atoms with Crippen LogP contribution in [0.3, 0.4) is 0 Å². The monoisotopic (exact) mass is 314 g/mol. The van der Waals surface area contributed by atoms with Gasteiger partial charge >= 0.3 is 0 Å². The highest BCUT2D eigenvalue weighted by Crippen LogP contribution is 2.25. The van der Waals surface area contributed by atoms with E-state index in [-0.39, 0.29) is 27.5 Å². The summed E-state index contributed by atoms with van der Waals surface area (Å²) in [6.07, 6.45) is 1.83. The van der Waals surface area contributed by atoms with Gasteiger partial charge in [0, 0.05) is 6.54 Å². The van der Waals surface area contributed by atoms with Crippen LogP contribution in [-0.4, -0.2) is 26.2 Å². The van der Waals surface area contributed by atoms with E-state index >= 15 is 0 Å². The van der Waals surface area contributed by atoms with Gasteiger partial charge in [0.05, 0.1) is 21.6 Å². The lowest BCUT2D eigenvalue weighted by Crippen LogP contribution is -2.28. The molecule has 1 aliphatic rings. The van der Waals surface area contributed by atoms with Gasteiger partial charge in [0.1, 0.15) is 6.07 Å². The van der Waals surface area contributed by atoms with E-state index in [1.807, 2.05) is 6.07 Å². The molecular weight excluding hydrogens is 300 g/mol. The van der Waals surface area contributed by atoms with Crippen molar-refractivity contribution in [2.75, 3.05) is 6.54 Å². The van der Waals surface area contributed by atoms with Crippen LogP contribution in [0.5, 0.6) is 0 Å². The zero-order valence-electron chi connectivity index (χ0n) is 10.7. The average Bonchev–Trinajstić information content (AvgIpc) is 2.82. The molecule has 0 aliphatic heterocycles. The first kappa shape index (κ1) is 15.3. The number of hydrogen-bond donors (Lipinski definition) is 2. The number of benzene rings is 1. The number of halogens is 1. The minimum Gasteiger partial charge on any atom is -0.393 e. The molecular formula is C13H15ClN2O3S. The van der Waals surface area contributed by atoms with Crippen LogP contribution in [0.4, 0.5) is 0 Å². The number of rotatable bonds is 4. The van der Waals surface area contributed by atoms with Crippen molar-refractivity contribution in [1.82, 2.24) is 4.72 Å². The highest BCUT2D eigenvalue weighted by molar-refractivity contribution is 7.89. The SMILES string of the molecule is N#Cc1ccc(S(=O)(=O)NCC2CCC(O)C2)cc1Cl. The van der Waals surface area contributed by atoms with E-state index in [4.69, 9.17) is 16.9 Å². The second-order valence-electron chi connectivity index (χ2n) is 4.94. The summed E-state index contributed by atoms with van der Waals surface area (Å²) in [5, 5.41) is 18.3. The Balaban J connectivity index is 2.07. The lowest BCUT2D eigenvalue weighted by Gasteiger charge is -2.11. The molecule has 0 spiro atoms. The van der Waals surface area contributed by atoms with Gasteiger partial charge in [-0.3, -0.25) is 0 Å². The van der Waals surface area contributed by atoms with Gasteiger partial charge in [-0.25, -0.2) is 13.1 Å². The maximum Gasteiger partial charge on any atom is 0.240 e. The number of nitriles is 1. The first-order valence-corrected chi connectivity index (χ1v) is 8.16. The van der Waals surface area contributed by atoms with Crippen LogP contribution in [0.25, 0.3) is 0 Å². The van der Waals surface area contributed by atoms with E-state index in [0.717, 1.165) is 12.8 Å². The number of aliphatic hydroxyl groups is 1. The molecule has 2 rings (SSSR count). The minimum absolute atomic E-state index is 0.0417. The molecule has 0 amide bonds. The second kappa shape index (κ2) is 6.10. The predicted molar refractivity (Wildman–Crippen MR) is 74.7 cm³/mol. The molecule has 0 heterocycles. The summed E-state index contributed by atoms with van der Waals surface area (Å²) < 4.78 is 26.7. The Kier molecular flexibility index (Phi) is 4.66. The van der Waals surface area contributed by atoms with Crippen molar-refractivity contribution in [3.05, 3.63) is 28.8 Å². The van der Waals surface area contributed by atoms with Crippen molar-refractivity contribution in [1.29, 1.82) is 5.26 Å². The number of sulfonamides is 1. The third kappa shape index (κ3) is 3.49. The quantitative estimate of drug-likeness (QED) is 0.884. The van der Waals surface area contributed by atoms with Crippen molar-refractivity contribution >= 4 is 21.6 Å². The van der Waals surface area contributed by atoms with Crippen molar-refractivity contribution in [3.63, 3.8) is 0 Å². The van der Waals surface area contributed by atoms with Gasteiger partial charge in [0.25, 0.3) is 0 Å². The Bertz CT molecular complexity index is 640. The summed E-state index contributed by atoms with van der Waals surface area (Å²) >= 11 is 5.83. The standard InChI is InChI=1S/C13H15ClN2O3S/c14-13-6-12(4-2-10(13)7-15)20(18,19)16-8-9-1-3-11(17)5-9/h2,4,6,9,11,16-17H,1,3,5,8H2. The summed E-state index contributed by atoms with van der Waals surface area (Å²) in [6, 6.07) is 5.89. The summed E-state index contributed by atoms with van der Waals surface area (Å²) in [5.41, 5.74) is 0.240. The molecule has 1 aliphatic carbocycles. The summed E-state index contributed by atoms with van der Waals surface area (Å²) in [4.78, 5) is 0.0417. The van der Waals surface area contributed by atoms with Crippen LogP contribution in [-0.2, 0) is 10.0 Å². The summed E-state index contributed by atoms with van der Waals surface area (Å²) in [5.74, 6) is 0.161. The molecule has 0 radical (unpaired) electrons. The van der Waals surface area contributed by atoms with Crippen molar-refractivity contribution < 1.29 is 13.5 Å². The summed E-state index contributed by atoms with van der Waals surface area (Å²) in [7, 11) is -3.64. The van der Waals surface area contributed by atoms with E-state index in [1.54, 1.807) is 0 Å². The number of hydrogen-bond acceptors (Lipinski definition) is 4. The van der Waals surface area contributed by atoms with Crippen LogP contribution in [0.1, 0.15) is 24.8 Å².